The molecule has 0 saturated carbocycles. The molecule has 1 unspecified atom stereocenters. The number of thiophene rings is 1. The topological polar surface area (TPSA) is 58.2 Å². The van der Waals surface area contributed by atoms with Crippen LogP contribution < -0.4 is 10.9 Å². The fourth-order valence-electron chi connectivity index (χ4n) is 3.12. The number of allylic oxidation sites excluding steroid dienone is 2. The summed E-state index contributed by atoms with van der Waals surface area (Å²) < 4.78 is 0. The van der Waals surface area contributed by atoms with E-state index < -0.39 is 0 Å². The van der Waals surface area contributed by atoms with Crippen LogP contribution in [-0.4, -0.2) is 11.8 Å². The third kappa shape index (κ3) is 3.77. The number of carbonyl (C=O) groups is 2. The molecular weight excluding hydrogens is 296 g/mol. The van der Waals surface area contributed by atoms with Crippen molar-refractivity contribution in [2.24, 2.45) is 5.92 Å². The first-order valence-electron chi connectivity index (χ1n) is 8.10. The highest BCUT2D eigenvalue weighted by Crippen LogP contribution is 2.28. The van der Waals surface area contributed by atoms with E-state index >= 15 is 0 Å². The second-order valence-corrected chi connectivity index (χ2v) is 7.23. The molecule has 0 aliphatic heterocycles. The summed E-state index contributed by atoms with van der Waals surface area (Å²) in [4.78, 5) is 26.0. The Morgan fingerprint density at radius 2 is 2.05 bits per heavy atom. The maximum atomic E-state index is 12.2. The lowest BCUT2D eigenvalue weighted by Gasteiger charge is -2.09. The van der Waals surface area contributed by atoms with Gasteiger partial charge in [0.2, 0.25) is 5.91 Å². The number of hydrogen-bond acceptors (Lipinski definition) is 3. The van der Waals surface area contributed by atoms with Crippen LogP contribution in [0.5, 0.6) is 0 Å². The fourth-order valence-corrected chi connectivity index (χ4v) is 4.27. The Kier molecular flexibility index (Phi) is 4.93. The summed E-state index contributed by atoms with van der Waals surface area (Å²) in [5, 5.41) is 0. The van der Waals surface area contributed by atoms with E-state index in [0.29, 0.717) is 17.2 Å². The highest BCUT2D eigenvalue weighted by molar-refractivity contribution is 7.14. The van der Waals surface area contributed by atoms with E-state index in [4.69, 9.17) is 0 Å². The fraction of sp³-hybridized carbons (Fsp3) is 0.529. The van der Waals surface area contributed by atoms with Crippen LogP contribution in [0.25, 0.3) is 0 Å². The van der Waals surface area contributed by atoms with Crippen molar-refractivity contribution in [2.75, 3.05) is 0 Å². The van der Waals surface area contributed by atoms with Gasteiger partial charge in [-0.15, -0.1) is 11.3 Å². The Hall–Kier alpha value is -1.62. The number of rotatable bonds is 3. The zero-order valence-corrected chi connectivity index (χ0v) is 13.5. The standard InChI is InChI=1S/C17H22N2O2S/c20-16(10-12-6-4-5-7-12)18-19-17(21)15-11-13-8-2-1-3-9-14(13)22-15/h4,6,11-12H,1-3,5,7-10H2,(H,18,20)(H,19,21). The smallest absolute Gasteiger partial charge is 0.273 e. The molecule has 1 atom stereocenters. The second kappa shape index (κ2) is 7.09. The van der Waals surface area contributed by atoms with Crippen LogP contribution in [0, 0.1) is 5.92 Å². The molecule has 0 spiro atoms. The van der Waals surface area contributed by atoms with Crippen LogP contribution in [0.1, 0.15) is 58.6 Å². The molecule has 0 fully saturated rings. The van der Waals surface area contributed by atoms with E-state index in [1.165, 1.54) is 29.7 Å². The van der Waals surface area contributed by atoms with Gasteiger partial charge in [-0.25, -0.2) is 0 Å². The number of nitrogens with one attached hydrogen (secondary N) is 2. The first-order valence-corrected chi connectivity index (χ1v) is 8.91. The average Bonchev–Trinajstić information content (AvgIpc) is 3.10. The van der Waals surface area contributed by atoms with Crippen LogP contribution >= 0.6 is 11.3 Å². The maximum absolute atomic E-state index is 12.2. The molecule has 0 saturated heterocycles. The van der Waals surface area contributed by atoms with Gasteiger partial charge in [0.05, 0.1) is 4.88 Å². The largest absolute Gasteiger partial charge is 0.279 e. The number of carbonyl (C=O) groups excluding carboxylic acids is 2. The molecule has 4 nitrogen and oxygen atoms in total. The van der Waals surface area contributed by atoms with Gasteiger partial charge in [0.15, 0.2) is 0 Å². The number of hydrazine groups is 1. The Balaban J connectivity index is 1.51. The molecule has 1 heterocycles. The summed E-state index contributed by atoms with van der Waals surface area (Å²) in [6, 6.07) is 1.99. The molecule has 1 aromatic heterocycles. The van der Waals surface area contributed by atoms with Gasteiger partial charge in [-0.2, -0.15) is 0 Å². The van der Waals surface area contributed by atoms with Gasteiger partial charge < -0.3 is 0 Å². The summed E-state index contributed by atoms with van der Waals surface area (Å²) in [5.74, 6) is -0.00823. The molecule has 2 aliphatic rings. The Bertz CT molecular complexity index is 568. The summed E-state index contributed by atoms with van der Waals surface area (Å²) >= 11 is 1.57. The van der Waals surface area contributed by atoms with Crippen molar-refractivity contribution in [3.63, 3.8) is 0 Å². The van der Waals surface area contributed by atoms with Crippen molar-refractivity contribution < 1.29 is 9.59 Å². The van der Waals surface area contributed by atoms with Crippen molar-refractivity contribution in [3.8, 4) is 0 Å². The minimum Gasteiger partial charge on any atom is -0.273 e. The minimum absolute atomic E-state index is 0.122. The Morgan fingerprint density at radius 3 is 2.86 bits per heavy atom. The van der Waals surface area contributed by atoms with Crippen LogP contribution in [0.4, 0.5) is 0 Å². The summed E-state index contributed by atoms with van der Waals surface area (Å²) in [5.41, 5.74) is 6.40. The molecule has 0 bridgehead atoms. The van der Waals surface area contributed by atoms with Gasteiger partial charge in [0.25, 0.3) is 5.91 Å². The molecule has 3 rings (SSSR count). The monoisotopic (exact) mass is 318 g/mol. The van der Waals surface area contributed by atoms with Crippen molar-refractivity contribution >= 4 is 23.2 Å². The maximum Gasteiger partial charge on any atom is 0.279 e. The molecule has 118 valence electrons. The summed E-state index contributed by atoms with van der Waals surface area (Å²) in [6.45, 7) is 0. The lowest BCUT2D eigenvalue weighted by Crippen LogP contribution is -2.41. The van der Waals surface area contributed by atoms with Gasteiger partial charge in [-0.05, 0) is 56.1 Å². The lowest BCUT2D eigenvalue weighted by atomic mass is 10.1. The molecule has 0 radical (unpaired) electrons. The van der Waals surface area contributed by atoms with Gasteiger partial charge in [-0.3, -0.25) is 20.4 Å². The third-order valence-electron chi connectivity index (χ3n) is 4.35. The Morgan fingerprint density at radius 1 is 1.18 bits per heavy atom. The normalized spacial score (nSPS) is 20.3. The second-order valence-electron chi connectivity index (χ2n) is 6.09. The van der Waals surface area contributed by atoms with Crippen molar-refractivity contribution in [2.45, 2.75) is 51.4 Å². The molecule has 22 heavy (non-hydrogen) atoms. The summed E-state index contributed by atoms with van der Waals surface area (Å²) in [6.07, 6.45) is 12.5. The molecule has 1 aromatic rings. The summed E-state index contributed by atoms with van der Waals surface area (Å²) in [7, 11) is 0. The number of amides is 2. The van der Waals surface area contributed by atoms with Crippen LogP contribution in [-0.2, 0) is 17.6 Å². The van der Waals surface area contributed by atoms with Crippen molar-refractivity contribution in [1.29, 1.82) is 0 Å². The van der Waals surface area contributed by atoms with Crippen molar-refractivity contribution in [3.05, 3.63) is 33.5 Å². The predicted molar refractivity (Wildman–Crippen MR) is 87.7 cm³/mol. The van der Waals surface area contributed by atoms with E-state index in [0.717, 1.165) is 25.7 Å². The molecule has 5 heteroatoms. The molecule has 2 amide bonds. The van der Waals surface area contributed by atoms with E-state index in [-0.39, 0.29) is 11.8 Å². The highest BCUT2D eigenvalue weighted by Gasteiger charge is 2.18. The van der Waals surface area contributed by atoms with Crippen LogP contribution in [0.3, 0.4) is 0 Å². The zero-order valence-electron chi connectivity index (χ0n) is 12.7. The first-order chi connectivity index (χ1) is 10.7. The van der Waals surface area contributed by atoms with Crippen LogP contribution in [0.15, 0.2) is 18.2 Å². The van der Waals surface area contributed by atoms with Gasteiger partial charge in [0.1, 0.15) is 0 Å². The van der Waals surface area contributed by atoms with Gasteiger partial charge >= 0.3 is 0 Å². The minimum atomic E-state index is -0.201. The van der Waals surface area contributed by atoms with Gasteiger partial charge in [0, 0.05) is 11.3 Å². The SMILES string of the molecule is O=C(CC1C=CCC1)NNC(=O)c1cc2c(s1)CCCCC2. The third-order valence-corrected chi connectivity index (χ3v) is 5.58. The van der Waals surface area contributed by atoms with Crippen molar-refractivity contribution in [1.82, 2.24) is 10.9 Å². The average molecular weight is 318 g/mol. The van der Waals surface area contributed by atoms with E-state index in [1.807, 2.05) is 6.07 Å². The van der Waals surface area contributed by atoms with E-state index in [1.54, 1.807) is 11.3 Å². The molecule has 2 aliphatic carbocycles. The van der Waals surface area contributed by atoms with E-state index in [2.05, 4.69) is 23.0 Å². The van der Waals surface area contributed by atoms with E-state index in [9.17, 15) is 9.59 Å². The van der Waals surface area contributed by atoms with Crippen LogP contribution in [0.2, 0.25) is 0 Å². The first kappa shape index (κ1) is 15.3. The quantitative estimate of drug-likeness (QED) is 0.511. The van der Waals surface area contributed by atoms with Gasteiger partial charge in [-0.1, -0.05) is 18.6 Å². The lowest BCUT2D eigenvalue weighted by molar-refractivity contribution is -0.122. The zero-order chi connectivity index (χ0) is 15.4. The number of aryl methyl sites for hydroxylation is 2. The number of fused-ring (bicyclic) bond motifs is 1. The Labute approximate surface area is 135 Å². The molecule has 0 aromatic carbocycles. The molecular formula is C17H22N2O2S. The molecule has 2 N–H and O–H groups in total. The number of hydrogen-bond donors (Lipinski definition) is 2. The highest BCUT2D eigenvalue weighted by atomic mass is 32.1. The predicted octanol–water partition coefficient (Wildman–Crippen LogP) is 3.13.